The summed E-state index contributed by atoms with van der Waals surface area (Å²) in [5.41, 5.74) is -0.364. The second kappa shape index (κ2) is 7.79. The van der Waals surface area contributed by atoms with E-state index >= 15 is 0 Å². The van der Waals surface area contributed by atoms with E-state index in [1.807, 2.05) is 0 Å². The molecule has 0 aliphatic carbocycles. The molecule has 1 unspecified atom stereocenters. The van der Waals surface area contributed by atoms with Gasteiger partial charge in [0.05, 0.1) is 22.1 Å². The van der Waals surface area contributed by atoms with Gasteiger partial charge in [-0.2, -0.15) is 0 Å². The molecule has 0 N–H and O–H groups in total. The number of hydrogen-bond donors (Lipinski definition) is 0. The molecule has 1 atom stereocenters. The smallest absolute Gasteiger partial charge is 0.315 e. The number of ether oxygens (including phenoxy) is 1. The van der Waals surface area contributed by atoms with Crippen LogP contribution in [0.1, 0.15) is 19.8 Å². The summed E-state index contributed by atoms with van der Waals surface area (Å²) in [6, 6.07) is 2.02. The zero-order chi connectivity index (χ0) is 14.4. The highest BCUT2D eigenvalue weighted by Gasteiger charge is 2.21. The number of nitro benzene ring substituents is 1. The van der Waals surface area contributed by atoms with Crippen LogP contribution in [-0.4, -0.2) is 16.9 Å². The van der Waals surface area contributed by atoms with Crippen molar-refractivity contribution >= 4 is 37.5 Å². The van der Waals surface area contributed by atoms with Crippen LogP contribution >= 0.6 is 31.9 Å². The third-order valence-electron chi connectivity index (χ3n) is 2.56. The Morgan fingerprint density at radius 3 is 2.74 bits per heavy atom. The Hall–Kier alpha value is -0.690. The maximum Gasteiger partial charge on any atom is 0.315 e. The van der Waals surface area contributed by atoms with Gasteiger partial charge in [0.15, 0.2) is 0 Å². The van der Waals surface area contributed by atoms with Gasteiger partial charge in [-0.05, 0) is 28.4 Å². The quantitative estimate of drug-likeness (QED) is 0.380. The zero-order valence-electron chi connectivity index (χ0n) is 10.4. The highest BCUT2D eigenvalue weighted by Crippen LogP contribution is 2.36. The Balaban J connectivity index is 2.90. The third-order valence-corrected chi connectivity index (χ3v) is 4.07. The van der Waals surface area contributed by atoms with Crippen molar-refractivity contribution in [3.8, 4) is 5.75 Å². The lowest BCUT2D eigenvalue weighted by molar-refractivity contribution is -0.386. The number of benzene rings is 1. The van der Waals surface area contributed by atoms with Crippen LogP contribution in [0.15, 0.2) is 16.6 Å². The van der Waals surface area contributed by atoms with Crippen molar-refractivity contribution in [1.29, 1.82) is 0 Å². The lowest BCUT2D eigenvalue weighted by Gasteiger charge is -2.15. The molecular weight excluding hydrogens is 385 g/mol. The van der Waals surface area contributed by atoms with Gasteiger partial charge >= 0.3 is 5.69 Å². The molecule has 19 heavy (non-hydrogen) atoms. The highest BCUT2D eigenvalue weighted by molar-refractivity contribution is 9.10. The van der Waals surface area contributed by atoms with Gasteiger partial charge in [0.1, 0.15) is 5.82 Å². The first-order valence-electron chi connectivity index (χ1n) is 5.81. The Bertz CT molecular complexity index is 457. The molecule has 1 rings (SSSR count). The summed E-state index contributed by atoms with van der Waals surface area (Å²) in [5.74, 6) is -0.327. The summed E-state index contributed by atoms with van der Waals surface area (Å²) in [6.45, 7) is 2.41. The normalized spacial score (nSPS) is 12.2. The third kappa shape index (κ3) is 4.72. The molecule has 0 bridgehead atoms. The number of alkyl halides is 1. The van der Waals surface area contributed by atoms with Crippen LogP contribution in [-0.2, 0) is 0 Å². The van der Waals surface area contributed by atoms with E-state index in [0.29, 0.717) is 6.61 Å². The highest BCUT2D eigenvalue weighted by atomic mass is 79.9. The number of nitro groups is 1. The van der Waals surface area contributed by atoms with Crippen molar-refractivity contribution in [3.05, 3.63) is 32.5 Å². The fourth-order valence-corrected chi connectivity index (χ4v) is 2.69. The Morgan fingerprint density at radius 1 is 1.53 bits per heavy atom. The Kier molecular flexibility index (Phi) is 6.71. The van der Waals surface area contributed by atoms with E-state index in [4.69, 9.17) is 4.74 Å². The Labute approximate surface area is 127 Å². The second-order valence-electron chi connectivity index (χ2n) is 4.11. The van der Waals surface area contributed by atoms with Crippen molar-refractivity contribution in [2.45, 2.75) is 19.8 Å². The molecule has 0 saturated heterocycles. The van der Waals surface area contributed by atoms with Crippen LogP contribution in [0.25, 0.3) is 0 Å². The summed E-state index contributed by atoms with van der Waals surface area (Å²) in [5, 5.41) is 11.7. The SMILES string of the molecule is CCCC(CBr)COc1c(Br)cc(F)cc1[N+](=O)[O-]. The number of nitrogens with zero attached hydrogens (tertiary/aromatic N) is 1. The topological polar surface area (TPSA) is 52.4 Å². The van der Waals surface area contributed by atoms with Gasteiger partial charge in [0.2, 0.25) is 5.75 Å². The molecular formula is C12H14Br2FNO3. The van der Waals surface area contributed by atoms with Crippen LogP contribution in [0.3, 0.4) is 0 Å². The second-order valence-corrected chi connectivity index (χ2v) is 5.61. The van der Waals surface area contributed by atoms with E-state index in [2.05, 4.69) is 38.8 Å². The number of rotatable bonds is 7. The summed E-state index contributed by atoms with van der Waals surface area (Å²) < 4.78 is 18.9. The van der Waals surface area contributed by atoms with Crippen molar-refractivity contribution in [2.75, 3.05) is 11.9 Å². The molecule has 0 radical (unpaired) electrons. The number of hydrogen-bond acceptors (Lipinski definition) is 3. The molecule has 0 amide bonds. The van der Waals surface area contributed by atoms with E-state index < -0.39 is 10.7 Å². The lowest BCUT2D eigenvalue weighted by atomic mass is 10.1. The summed E-state index contributed by atoms with van der Waals surface area (Å²) in [7, 11) is 0. The minimum Gasteiger partial charge on any atom is -0.486 e. The molecule has 0 fully saturated rings. The average molecular weight is 399 g/mol. The van der Waals surface area contributed by atoms with Crippen molar-refractivity contribution in [2.24, 2.45) is 5.92 Å². The van der Waals surface area contributed by atoms with Crippen LogP contribution in [0.4, 0.5) is 10.1 Å². The molecule has 1 aromatic carbocycles. The molecule has 0 spiro atoms. The summed E-state index contributed by atoms with van der Waals surface area (Å²) in [4.78, 5) is 10.2. The monoisotopic (exact) mass is 397 g/mol. The molecule has 1 aromatic rings. The molecule has 0 heterocycles. The molecule has 106 valence electrons. The predicted octanol–water partition coefficient (Wildman–Crippen LogP) is 4.69. The molecule has 0 aliphatic heterocycles. The van der Waals surface area contributed by atoms with Gasteiger partial charge in [0, 0.05) is 11.2 Å². The summed E-state index contributed by atoms with van der Waals surface area (Å²) >= 11 is 6.48. The van der Waals surface area contributed by atoms with Gasteiger partial charge in [-0.3, -0.25) is 10.1 Å². The van der Waals surface area contributed by atoms with Crippen LogP contribution in [0.5, 0.6) is 5.75 Å². The van der Waals surface area contributed by atoms with Crippen LogP contribution < -0.4 is 4.74 Å². The first-order valence-corrected chi connectivity index (χ1v) is 7.73. The van der Waals surface area contributed by atoms with E-state index in [1.54, 1.807) is 0 Å². The van der Waals surface area contributed by atoms with Crippen molar-refractivity contribution < 1.29 is 14.1 Å². The fraction of sp³-hybridized carbons (Fsp3) is 0.500. The zero-order valence-corrected chi connectivity index (χ0v) is 13.5. The lowest BCUT2D eigenvalue weighted by Crippen LogP contribution is -2.14. The van der Waals surface area contributed by atoms with Gasteiger partial charge in [0.25, 0.3) is 0 Å². The molecule has 7 heteroatoms. The van der Waals surface area contributed by atoms with Crippen molar-refractivity contribution in [3.63, 3.8) is 0 Å². The van der Waals surface area contributed by atoms with E-state index in [1.165, 1.54) is 0 Å². The molecule has 4 nitrogen and oxygen atoms in total. The van der Waals surface area contributed by atoms with E-state index in [0.717, 1.165) is 30.3 Å². The first kappa shape index (κ1) is 16.4. The molecule has 0 saturated carbocycles. The summed E-state index contributed by atoms with van der Waals surface area (Å²) in [6.07, 6.45) is 1.96. The largest absolute Gasteiger partial charge is 0.486 e. The average Bonchev–Trinajstić information content (AvgIpc) is 2.35. The standard InChI is InChI=1S/C12H14Br2FNO3/c1-2-3-8(6-13)7-19-12-10(14)4-9(15)5-11(12)16(17)18/h4-5,8H,2-3,6-7H2,1H3. The van der Waals surface area contributed by atoms with Crippen LogP contribution in [0.2, 0.25) is 0 Å². The molecule has 0 aromatic heterocycles. The number of halogens is 3. The van der Waals surface area contributed by atoms with Crippen molar-refractivity contribution in [1.82, 2.24) is 0 Å². The molecule has 0 aliphatic rings. The van der Waals surface area contributed by atoms with Gasteiger partial charge in [-0.1, -0.05) is 29.3 Å². The van der Waals surface area contributed by atoms with E-state index in [9.17, 15) is 14.5 Å². The van der Waals surface area contributed by atoms with Gasteiger partial charge in [-0.25, -0.2) is 4.39 Å². The maximum absolute atomic E-state index is 13.2. The predicted molar refractivity (Wildman–Crippen MR) is 78.4 cm³/mol. The van der Waals surface area contributed by atoms with E-state index in [-0.39, 0.29) is 21.8 Å². The minimum atomic E-state index is -0.670. The Morgan fingerprint density at radius 2 is 2.21 bits per heavy atom. The fourth-order valence-electron chi connectivity index (χ4n) is 1.64. The maximum atomic E-state index is 13.2. The minimum absolute atomic E-state index is 0.0773. The first-order chi connectivity index (χ1) is 8.99. The van der Waals surface area contributed by atoms with Gasteiger partial charge in [-0.15, -0.1) is 0 Å². The van der Waals surface area contributed by atoms with Crippen LogP contribution in [0, 0.1) is 21.8 Å². The van der Waals surface area contributed by atoms with Gasteiger partial charge < -0.3 is 4.74 Å².